The Kier molecular flexibility index (Phi) is 8.41. The van der Waals surface area contributed by atoms with Gasteiger partial charge in [-0.2, -0.15) is 0 Å². The van der Waals surface area contributed by atoms with Crippen molar-refractivity contribution in [1.82, 2.24) is 0 Å². The van der Waals surface area contributed by atoms with Crippen LogP contribution in [0.5, 0.6) is 0 Å². The molecule has 0 fully saturated rings. The lowest BCUT2D eigenvalue weighted by Gasteiger charge is -2.26. The van der Waals surface area contributed by atoms with Crippen LogP contribution in [0.3, 0.4) is 0 Å². The molecule has 0 aliphatic carbocycles. The summed E-state index contributed by atoms with van der Waals surface area (Å²) in [6.07, 6.45) is -0.521. The van der Waals surface area contributed by atoms with Gasteiger partial charge in [0.1, 0.15) is 11.2 Å². The molecule has 0 saturated carbocycles. The van der Waals surface area contributed by atoms with Crippen LogP contribution in [0.4, 0.5) is 16.2 Å². The first-order chi connectivity index (χ1) is 16.5. The van der Waals surface area contributed by atoms with Crippen molar-refractivity contribution in [2.75, 3.05) is 11.4 Å². The van der Waals surface area contributed by atoms with Gasteiger partial charge >= 0.3 is 18.0 Å². The first-order valence-electron chi connectivity index (χ1n) is 11.4. The number of esters is 2. The summed E-state index contributed by atoms with van der Waals surface area (Å²) in [4.78, 5) is 50.0. The number of ether oxygens (including phenoxy) is 2. The molecule has 192 valence electrons. The molecule has 0 aromatic heterocycles. The molecule has 9 heteroatoms. The predicted octanol–water partition coefficient (Wildman–Crippen LogP) is 6.31. The summed E-state index contributed by atoms with van der Waals surface area (Å²) in [5.74, 6) is -2.08. The minimum Gasteiger partial charge on any atom is -0.443 e. The lowest BCUT2D eigenvalue weighted by Crippen LogP contribution is -2.36. The van der Waals surface area contributed by atoms with Crippen LogP contribution in [0.2, 0.25) is 0 Å². The first kappa shape index (κ1) is 28.2. The van der Waals surface area contributed by atoms with Crippen molar-refractivity contribution in [3.8, 4) is 11.1 Å². The van der Waals surface area contributed by atoms with E-state index in [-0.39, 0.29) is 11.1 Å². The second-order valence-corrected chi connectivity index (χ2v) is 10.2. The number of rotatable bonds is 6. The maximum absolute atomic E-state index is 12.6. The number of nitrogens with zero attached hydrogens (tertiary/aromatic N) is 2. The summed E-state index contributed by atoms with van der Waals surface area (Å²) < 4.78 is 10.3. The highest BCUT2D eigenvalue weighted by Gasteiger charge is 2.29. The van der Waals surface area contributed by atoms with E-state index in [1.54, 1.807) is 72.7 Å². The lowest BCUT2D eigenvalue weighted by atomic mass is 9.88. The number of carbonyl (C=O) groups excluding carboxylic acids is 3. The summed E-state index contributed by atoms with van der Waals surface area (Å²) in [6, 6.07) is 10.8. The van der Waals surface area contributed by atoms with Crippen LogP contribution in [-0.4, -0.2) is 35.1 Å². The molecule has 0 spiro atoms. The van der Waals surface area contributed by atoms with E-state index in [4.69, 9.17) is 9.47 Å². The Morgan fingerprint density at radius 1 is 1.00 bits per heavy atom. The van der Waals surface area contributed by atoms with E-state index in [1.165, 1.54) is 23.1 Å². The van der Waals surface area contributed by atoms with Gasteiger partial charge in [0, 0.05) is 23.9 Å². The summed E-state index contributed by atoms with van der Waals surface area (Å²) in [6.45, 7) is 16.3. The van der Waals surface area contributed by atoms with Crippen molar-refractivity contribution in [2.24, 2.45) is 5.41 Å². The molecule has 0 radical (unpaired) electrons. The average molecular weight is 497 g/mol. The van der Waals surface area contributed by atoms with E-state index < -0.39 is 39.7 Å². The van der Waals surface area contributed by atoms with E-state index in [0.717, 1.165) is 0 Å². The second kappa shape index (κ2) is 10.7. The van der Waals surface area contributed by atoms with Crippen molar-refractivity contribution < 1.29 is 28.8 Å². The number of carbonyl (C=O) groups is 3. The number of amides is 1. The standard InChI is InChI=1S/C27H32N2O7/c1-9-28(25(32)36-27(6,7)8)20-12-10-11-18(15-20)19-13-14-21(22(16-19)29(33)34)24(31)35-23(30)17(2)26(3,4)5/h10-16H,2,9H2,1,3-8H3. The monoisotopic (exact) mass is 496 g/mol. The Morgan fingerprint density at radius 2 is 1.61 bits per heavy atom. The Bertz CT molecular complexity index is 1200. The summed E-state index contributed by atoms with van der Waals surface area (Å²) in [7, 11) is 0. The number of nitro groups is 1. The quantitative estimate of drug-likeness (QED) is 0.151. The molecule has 0 N–H and O–H groups in total. The lowest BCUT2D eigenvalue weighted by molar-refractivity contribution is -0.385. The Hall–Kier alpha value is -4.01. The van der Waals surface area contributed by atoms with Gasteiger partial charge in [-0.25, -0.2) is 14.4 Å². The molecule has 36 heavy (non-hydrogen) atoms. The molecule has 0 aliphatic heterocycles. The predicted molar refractivity (Wildman–Crippen MR) is 137 cm³/mol. The SMILES string of the molecule is C=C(C(=O)OC(=O)c1ccc(-c2cccc(N(CC)C(=O)OC(C)(C)C)c2)cc1[N+](=O)[O-])C(C)(C)C. The van der Waals surface area contributed by atoms with Gasteiger partial charge in [-0.3, -0.25) is 15.0 Å². The number of hydrogen-bond acceptors (Lipinski definition) is 7. The van der Waals surface area contributed by atoms with Crippen molar-refractivity contribution in [3.05, 3.63) is 70.3 Å². The van der Waals surface area contributed by atoms with Crippen LogP contribution in [-0.2, 0) is 14.3 Å². The fourth-order valence-corrected chi connectivity index (χ4v) is 3.13. The Labute approximate surface area is 210 Å². The largest absolute Gasteiger partial charge is 0.443 e. The third-order valence-electron chi connectivity index (χ3n) is 5.17. The van der Waals surface area contributed by atoms with Crippen LogP contribution in [0.1, 0.15) is 58.8 Å². The normalized spacial score (nSPS) is 11.4. The minimum absolute atomic E-state index is 0.0670. The van der Waals surface area contributed by atoms with Crippen LogP contribution in [0.25, 0.3) is 11.1 Å². The zero-order valence-electron chi connectivity index (χ0n) is 21.7. The second-order valence-electron chi connectivity index (χ2n) is 10.2. The minimum atomic E-state index is -1.14. The Balaban J connectivity index is 2.41. The molecule has 2 aromatic carbocycles. The van der Waals surface area contributed by atoms with Crippen LogP contribution >= 0.6 is 0 Å². The highest BCUT2D eigenvalue weighted by Crippen LogP contribution is 2.31. The van der Waals surface area contributed by atoms with Gasteiger partial charge in [0.25, 0.3) is 5.69 Å². The molecule has 0 aliphatic rings. The molecule has 9 nitrogen and oxygen atoms in total. The summed E-state index contributed by atoms with van der Waals surface area (Å²) in [5, 5.41) is 11.8. The molecule has 0 atom stereocenters. The van der Waals surface area contributed by atoms with Crippen molar-refractivity contribution in [1.29, 1.82) is 0 Å². The van der Waals surface area contributed by atoms with Gasteiger partial charge < -0.3 is 9.47 Å². The molecular formula is C27H32N2O7. The first-order valence-corrected chi connectivity index (χ1v) is 11.4. The average Bonchev–Trinajstić information content (AvgIpc) is 2.76. The van der Waals surface area contributed by atoms with Crippen molar-refractivity contribution in [3.63, 3.8) is 0 Å². The third-order valence-corrected chi connectivity index (χ3v) is 5.17. The zero-order chi connectivity index (χ0) is 27.4. The van der Waals surface area contributed by atoms with E-state index in [2.05, 4.69) is 6.58 Å². The zero-order valence-corrected chi connectivity index (χ0v) is 21.7. The molecule has 2 rings (SSSR count). The van der Waals surface area contributed by atoms with Crippen LogP contribution in [0, 0.1) is 15.5 Å². The number of hydrogen-bond donors (Lipinski definition) is 0. The van der Waals surface area contributed by atoms with Gasteiger partial charge in [-0.05, 0) is 62.4 Å². The van der Waals surface area contributed by atoms with Gasteiger partial charge in [-0.15, -0.1) is 0 Å². The molecule has 0 heterocycles. The van der Waals surface area contributed by atoms with Crippen molar-refractivity contribution in [2.45, 2.75) is 54.1 Å². The maximum Gasteiger partial charge on any atom is 0.414 e. The van der Waals surface area contributed by atoms with Gasteiger partial charge in [-0.1, -0.05) is 45.5 Å². The van der Waals surface area contributed by atoms with E-state index in [0.29, 0.717) is 23.4 Å². The fourth-order valence-electron chi connectivity index (χ4n) is 3.13. The molecule has 1 amide bonds. The fraction of sp³-hybridized carbons (Fsp3) is 0.370. The number of benzene rings is 2. The number of nitro benzene ring substituents is 1. The van der Waals surface area contributed by atoms with Crippen LogP contribution in [0.15, 0.2) is 54.6 Å². The van der Waals surface area contributed by atoms with Gasteiger partial charge in [0.2, 0.25) is 0 Å². The number of anilines is 1. The Morgan fingerprint density at radius 3 is 2.14 bits per heavy atom. The maximum atomic E-state index is 12.6. The topological polar surface area (TPSA) is 116 Å². The van der Waals surface area contributed by atoms with Crippen LogP contribution < -0.4 is 4.90 Å². The molecule has 0 bridgehead atoms. The molecular weight excluding hydrogens is 464 g/mol. The van der Waals surface area contributed by atoms with E-state index >= 15 is 0 Å². The summed E-state index contributed by atoms with van der Waals surface area (Å²) in [5.41, 5.74) is -0.562. The van der Waals surface area contributed by atoms with E-state index in [9.17, 15) is 24.5 Å². The highest BCUT2D eigenvalue weighted by molar-refractivity contribution is 6.04. The van der Waals surface area contributed by atoms with E-state index in [1.807, 2.05) is 0 Å². The highest BCUT2D eigenvalue weighted by atomic mass is 16.6. The van der Waals surface area contributed by atoms with Crippen molar-refractivity contribution >= 4 is 29.4 Å². The molecule has 0 saturated heterocycles. The third kappa shape index (κ3) is 7.00. The molecule has 2 aromatic rings. The molecule has 0 unspecified atom stereocenters. The van der Waals surface area contributed by atoms with Gasteiger partial charge in [0.15, 0.2) is 0 Å². The summed E-state index contributed by atoms with van der Waals surface area (Å²) >= 11 is 0. The van der Waals surface area contributed by atoms with Gasteiger partial charge in [0.05, 0.1) is 4.92 Å². The smallest absolute Gasteiger partial charge is 0.414 e.